The summed E-state index contributed by atoms with van der Waals surface area (Å²) in [5.74, 6) is -0.236. The number of aryl methyl sites for hydroxylation is 1. The Kier molecular flexibility index (Phi) is 4.81. The van der Waals surface area contributed by atoms with Crippen molar-refractivity contribution in [2.75, 3.05) is 7.11 Å². The molecule has 3 rings (SSSR count). The molecule has 0 aliphatic carbocycles. The molecule has 0 atom stereocenters. The van der Waals surface area contributed by atoms with E-state index in [1.54, 1.807) is 12.1 Å². The first-order chi connectivity index (χ1) is 11.2. The molecule has 1 heterocycles. The van der Waals surface area contributed by atoms with Gasteiger partial charge in [-0.25, -0.2) is 9.28 Å². The van der Waals surface area contributed by atoms with Crippen molar-refractivity contribution < 1.29 is 13.6 Å². The van der Waals surface area contributed by atoms with Gasteiger partial charge in [0.25, 0.3) is 0 Å². The van der Waals surface area contributed by atoms with Gasteiger partial charge in [-0.1, -0.05) is 12.1 Å². The Morgan fingerprint density at radius 3 is 2.26 bits per heavy atom. The monoisotopic (exact) mass is 329 g/mol. The Labute approximate surface area is 138 Å². The number of halogens is 1. The zero-order valence-corrected chi connectivity index (χ0v) is 13.6. The van der Waals surface area contributed by atoms with Gasteiger partial charge in [0.15, 0.2) is 0 Å². The van der Waals surface area contributed by atoms with Gasteiger partial charge in [-0.3, -0.25) is 0 Å². The van der Waals surface area contributed by atoms with Crippen molar-refractivity contribution in [3.63, 3.8) is 0 Å². The maximum atomic E-state index is 13.2. The van der Waals surface area contributed by atoms with E-state index in [0.29, 0.717) is 0 Å². The van der Waals surface area contributed by atoms with Crippen LogP contribution in [0.2, 0.25) is 0 Å². The summed E-state index contributed by atoms with van der Waals surface area (Å²) in [5, 5.41) is 0. The van der Waals surface area contributed by atoms with Crippen molar-refractivity contribution in [3.05, 3.63) is 72.2 Å². The highest BCUT2D eigenvalue weighted by atomic mass is 32.2. The summed E-state index contributed by atoms with van der Waals surface area (Å²) in [6, 6.07) is 18.6. The fourth-order valence-electron chi connectivity index (χ4n) is 2.45. The molecule has 0 fully saturated rings. The largest absolute Gasteiger partial charge is 0.314 e. The molecule has 3 aromatic rings. The molecule has 0 amide bonds. The second kappa shape index (κ2) is 7.00. The number of benzene rings is 2. The Bertz CT molecular complexity index is 782. The fourth-order valence-corrected chi connectivity index (χ4v) is 2.85. The van der Waals surface area contributed by atoms with Crippen molar-refractivity contribution in [2.24, 2.45) is 0 Å². The van der Waals surface area contributed by atoms with Gasteiger partial charge >= 0.3 is 0 Å². The third-order valence-corrected chi connectivity index (χ3v) is 4.18. The van der Waals surface area contributed by atoms with Crippen LogP contribution in [0.1, 0.15) is 5.69 Å². The number of aromatic nitrogens is 1. The quantitative estimate of drug-likeness (QED) is 0.366. The molecule has 0 saturated heterocycles. The van der Waals surface area contributed by atoms with Gasteiger partial charge in [-0.05, 0) is 61.0 Å². The molecule has 0 N–H and O–H groups in total. The second-order valence-electron chi connectivity index (χ2n) is 5.01. The molecule has 0 saturated carbocycles. The smallest absolute Gasteiger partial charge is 0.123 e. The maximum absolute atomic E-state index is 13.2. The van der Waals surface area contributed by atoms with Crippen LogP contribution >= 0.6 is 12.0 Å². The maximum Gasteiger partial charge on any atom is 0.123 e. The molecule has 1 aromatic heterocycles. The van der Waals surface area contributed by atoms with Gasteiger partial charge in [0, 0.05) is 16.3 Å². The Balaban J connectivity index is 1.96. The summed E-state index contributed by atoms with van der Waals surface area (Å²) in [6.07, 6.45) is 0. The third-order valence-electron chi connectivity index (χ3n) is 3.51. The molecule has 0 bridgehead atoms. The molecule has 0 spiro atoms. The highest BCUT2D eigenvalue weighted by Crippen LogP contribution is 2.29. The summed E-state index contributed by atoms with van der Waals surface area (Å²) >= 11 is 1.16. The number of hydrogen-bond acceptors (Lipinski definition) is 3. The Morgan fingerprint density at radius 2 is 1.61 bits per heavy atom. The first-order valence-corrected chi connectivity index (χ1v) is 7.85. The molecule has 2 aromatic carbocycles. The minimum atomic E-state index is -0.236. The van der Waals surface area contributed by atoms with Gasteiger partial charge < -0.3 is 4.57 Å². The lowest BCUT2D eigenvalue weighted by molar-refractivity contribution is -0.160. The van der Waals surface area contributed by atoms with Gasteiger partial charge in [0.1, 0.15) is 5.82 Å². The number of nitrogens with zero attached hydrogens (tertiary/aromatic N) is 1. The second-order valence-corrected chi connectivity index (χ2v) is 5.79. The van der Waals surface area contributed by atoms with Crippen LogP contribution in [0.15, 0.2) is 65.6 Å². The topological polar surface area (TPSA) is 23.4 Å². The summed E-state index contributed by atoms with van der Waals surface area (Å²) in [5.41, 5.74) is 4.15. The summed E-state index contributed by atoms with van der Waals surface area (Å²) in [4.78, 5) is 5.53. The van der Waals surface area contributed by atoms with E-state index in [2.05, 4.69) is 21.6 Å². The predicted octanol–water partition coefficient (Wildman–Crippen LogP) is 5.18. The first kappa shape index (κ1) is 15.8. The van der Waals surface area contributed by atoms with E-state index in [-0.39, 0.29) is 5.82 Å². The van der Waals surface area contributed by atoms with Crippen LogP contribution in [0.4, 0.5) is 4.39 Å². The van der Waals surface area contributed by atoms with E-state index >= 15 is 0 Å². The Hall–Kier alpha value is -2.08. The van der Waals surface area contributed by atoms with Crippen LogP contribution in [0.25, 0.3) is 16.9 Å². The lowest BCUT2D eigenvalue weighted by Crippen LogP contribution is -1.99. The third kappa shape index (κ3) is 3.47. The Morgan fingerprint density at radius 1 is 0.913 bits per heavy atom. The molecule has 0 radical (unpaired) electrons. The van der Waals surface area contributed by atoms with E-state index in [4.69, 9.17) is 4.33 Å². The summed E-state index contributed by atoms with van der Waals surface area (Å²) < 4.78 is 20.1. The summed E-state index contributed by atoms with van der Waals surface area (Å²) in [6.45, 7) is 2.03. The van der Waals surface area contributed by atoms with Crippen LogP contribution in [0, 0.1) is 12.7 Å². The van der Waals surface area contributed by atoms with Crippen LogP contribution in [-0.4, -0.2) is 11.7 Å². The van der Waals surface area contributed by atoms with Crippen LogP contribution < -0.4 is 0 Å². The fraction of sp³-hybridized carbons (Fsp3) is 0.111. The van der Waals surface area contributed by atoms with E-state index in [1.807, 2.05) is 31.2 Å². The molecular weight excluding hydrogens is 313 g/mol. The lowest BCUT2D eigenvalue weighted by Gasteiger charge is -2.12. The lowest BCUT2D eigenvalue weighted by atomic mass is 10.1. The molecule has 0 aliphatic heterocycles. The molecule has 118 valence electrons. The van der Waals surface area contributed by atoms with Crippen molar-refractivity contribution in [1.82, 2.24) is 4.57 Å². The van der Waals surface area contributed by atoms with Gasteiger partial charge in [-0.2, -0.15) is 4.33 Å². The molecule has 23 heavy (non-hydrogen) atoms. The zero-order valence-electron chi connectivity index (χ0n) is 12.8. The average molecular weight is 329 g/mol. The minimum Gasteiger partial charge on any atom is -0.314 e. The number of rotatable bonds is 5. The van der Waals surface area contributed by atoms with Crippen molar-refractivity contribution in [2.45, 2.75) is 11.8 Å². The molecule has 0 unspecified atom stereocenters. The van der Waals surface area contributed by atoms with E-state index in [9.17, 15) is 4.39 Å². The van der Waals surface area contributed by atoms with Crippen molar-refractivity contribution in [1.29, 1.82) is 0 Å². The molecule has 0 aliphatic rings. The van der Waals surface area contributed by atoms with Crippen LogP contribution in [0.5, 0.6) is 0 Å². The van der Waals surface area contributed by atoms with E-state index < -0.39 is 0 Å². The van der Waals surface area contributed by atoms with Gasteiger partial charge in [0.2, 0.25) is 0 Å². The SMILES string of the molecule is COOSc1ccc(-c2ccc(C)n2-c2ccc(F)cc2)cc1. The van der Waals surface area contributed by atoms with Crippen molar-refractivity contribution in [3.8, 4) is 16.9 Å². The summed E-state index contributed by atoms with van der Waals surface area (Å²) in [7, 11) is 1.47. The molecule has 5 heteroatoms. The normalized spacial score (nSPS) is 10.9. The first-order valence-electron chi connectivity index (χ1n) is 7.11. The predicted molar refractivity (Wildman–Crippen MR) is 89.9 cm³/mol. The van der Waals surface area contributed by atoms with E-state index in [1.165, 1.54) is 19.2 Å². The zero-order chi connectivity index (χ0) is 16.2. The number of hydrogen-bond donors (Lipinski definition) is 0. The van der Waals surface area contributed by atoms with Crippen LogP contribution in [0.3, 0.4) is 0 Å². The van der Waals surface area contributed by atoms with Gasteiger partial charge in [-0.15, -0.1) is 0 Å². The van der Waals surface area contributed by atoms with Crippen molar-refractivity contribution >= 4 is 12.0 Å². The average Bonchev–Trinajstić information content (AvgIpc) is 2.96. The molecule has 3 nitrogen and oxygen atoms in total. The van der Waals surface area contributed by atoms with Crippen LogP contribution in [-0.2, 0) is 9.22 Å². The standard InChI is InChI=1S/C18H16FNO2S/c1-13-3-12-18(20(13)16-8-6-15(19)7-9-16)14-4-10-17(11-5-14)23-22-21-2/h3-12H,1-2H3. The molecular formula is C18H16FNO2S. The van der Waals surface area contributed by atoms with E-state index in [0.717, 1.165) is 39.6 Å². The van der Waals surface area contributed by atoms with Gasteiger partial charge in [0.05, 0.1) is 24.8 Å². The highest BCUT2D eigenvalue weighted by Gasteiger charge is 2.10. The minimum absolute atomic E-state index is 0.236. The highest BCUT2D eigenvalue weighted by molar-refractivity contribution is 7.94.